The molecule has 0 radical (unpaired) electrons. The van der Waals surface area contributed by atoms with E-state index in [1.807, 2.05) is 0 Å². The van der Waals surface area contributed by atoms with E-state index in [9.17, 15) is 13.2 Å². The first-order valence-electron chi connectivity index (χ1n) is 5.55. The molecule has 0 unspecified atom stereocenters. The highest BCUT2D eigenvalue weighted by atomic mass is 19.4. The van der Waals surface area contributed by atoms with Gasteiger partial charge in [-0.25, -0.2) is 9.97 Å². The molecular weight excluding hydrogens is 292 g/mol. The number of hydrogen-bond acceptors (Lipinski definition) is 6. The summed E-state index contributed by atoms with van der Waals surface area (Å²) in [6.45, 7) is 0. The van der Waals surface area contributed by atoms with Crippen LogP contribution in [0, 0.1) is 0 Å². The Morgan fingerprint density at radius 3 is 2.24 bits per heavy atom. The van der Waals surface area contributed by atoms with Gasteiger partial charge in [-0.1, -0.05) is 6.07 Å². The molecule has 0 saturated carbocycles. The highest BCUT2D eigenvalue weighted by Crippen LogP contribution is 2.27. The maximum absolute atomic E-state index is 12.1. The van der Waals surface area contributed by atoms with Crippen molar-refractivity contribution in [1.29, 1.82) is 0 Å². The molecule has 10 heteroatoms. The lowest BCUT2D eigenvalue weighted by atomic mass is 9.83. The molecule has 2 rings (SSSR count). The van der Waals surface area contributed by atoms with E-state index in [-0.39, 0.29) is 17.2 Å². The van der Waals surface area contributed by atoms with Gasteiger partial charge in [0.1, 0.15) is 11.5 Å². The van der Waals surface area contributed by atoms with Gasteiger partial charge < -0.3 is 19.5 Å². The third-order valence-corrected chi connectivity index (χ3v) is 2.19. The lowest BCUT2D eigenvalue weighted by Crippen LogP contribution is -2.30. The molecule has 0 saturated heterocycles. The first-order chi connectivity index (χ1) is 9.83. The van der Waals surface area contributed by atoms with Crippen LogP contribution in [0.4, 0.5) is 13.2 Å². The minimum absolute atomic E-state index is 0.0362. The van der Waals surface area contributed by atoms with Gasteiger partial charge in [0, 0.05) is 23.9 Å². The van der Waals surface area contributed by atoms with Gasteiger partial charge in [0.15, 0.2) is 0 Å². The monoisotopic (exact) mass is 300 g/mol. The Balaban J connectivity index is 2.10. The van der Waals surface area contributed by atoms with E-state index >= 15 is 0 Å². The number of ether oxygens (including phenoxy) is 2. The SMILES string of the molecule is OB(O)c1cnc(Oc2cccc(OC(F)(F)F)c2)nc1. The molecule has 0 aliphatic carbocycles. The largest absolute Gasteiger partial charge is 0.573 e. The summed E-state index contributed by atoms with van der Waals surface area (Å²) >= 11 is 0. The molecule has 21 heavy (non-hydrogen) atoms. The van der Waals surface area contributed by atoms with Crippen LogP contribution in [0.25, 0.3) is 0 Å². The van der Waals surface area contributed by atoms with Gasteiger partial charge >= 0.3 is 19.5 Å². The number of alkyl halides is 3. The van der Waals surface area contributed by atoms with Crippen LogP contribution in [-0.2, 0) is 0 Å². The fourth-order valence-electron chi connectivity index (χ4n) is 1.35. The average molecular weight is 300 g/mol. The van der Waals surface area contributed by atoms with Gasteiger partial charge in [0.25, 0.3) is 0 Å². The van der Waals surface area contributed by atoms with Gasteiger partial charge in [-0.15, -0.1) is 13.2 Å². The van der Waals surface area contributed by atoms with Crippen molar-refractivity contribution in [1.82, 2.24) is 9.97 Å². The zero-order valence-corrected chi connectivity index (χ0v) is 10.3. The number of nitrogens with zero attached hydrogens (tertiary/aromatic N) is 2. The highest BCUT2D eigenvalue weighted by Gasteiger charge is 2.31. The summed E-state index contributed by atoms with van der Waals surface area (Å²) in [6.07, 6.45) is -2.57. The molecule has 110 valence electrons. The van der Waals surface area contributed by atoms with Crippen molar-refractivity contribution in [2.75, 3.05) is 0 Å². The Morgan fingerprint density at radius 1 is 1.05 bits per heavy atom. The molecule has 6 nitrogen and oxygen atoms in total. The van der Waals surface area contributed by atoms with E-state index in [4.69, 9.17) is 14.8 Å². The van der Waals surface area contributed by atoms with Crippen molar-refractivity contribution in [3.8, 4) is 17.5 Å². The Hall–Kier alpha value is -2.33. The summed E-state index contributed by atoms with van der Waals surface area (Å²) in [6, 6.07) is 4.67. The van der Waals surface area contributed by atoms with Crippen LogP contribution < -0.4 is 14.9 Å². The zero-order valence-electron chi connectivity index (χ0n) is 10.3. The van der Waals surface area contributed by atoms with Crippen molar-refractivity contribution in [2.45, 2.75) is 6.36 Å². The number of aromatic nitrogens is 2. The van der Waals surface area contributed by atoms with E-state index in [1.165, 1.54) is 12.1 Å². The quantitative estimate of drug-likeness (QED) is 0.814. The van der Waals surface area contributed by atoms with Crippen LogP contribution in [0.5, 0.6) is 17.5 Å². The van der Waals surface area contributed by atoms with Crippen molar-refractivity contribution >= 4 is 12.6 Å². The normalized spacial score (nSPS) is 11.1. The molecule has 0 aliphatic rings. The summed E-state index contributed by atoms with van der Waals surface area (Å²) in [5, 5.41) is 17.7. The van der Waals surface area contributed by atoms with Crippen LogP contribution in [0.3, 0.4) is 0 Å². The smallest absolute Gasteiger partial charge is 0.424 e. The van der Waals surface area contributed by atoms with Crippen LogP contribution in [0.1, 0.15) is 0 Å². The third kappa shape index (κ3) is 4.62. The summed E-state index contributed by atoms with van der Waals surface area (Å²) < 4.78 is 45.1. The first-order valence-corrected chi connectivity index (χ1v) is 5.55. The molecular formula is C11H8BF3N2O4. The maximum atomic E-state index is 12.1. The number of halogens is 3. The van der Waals surface area contributed by atoms with Crippen LogP contribution in [0.2, 0.25) is 0 Å². The van der Waals surface area contributed by atoms with Crippen LogP contribution >= 0.6 is 0 Å². The highest BCUT2D eigenvalue weighted by molar-refractivity contribution is 6.58. The molecule has 0 amide bonds. The maximum Gasteiger partial charge on any atom is 0.573 e. The summed E-state index contributed by atoms with van der Waals surface area (Å²) in [5.41, 5.74) is 0.0523. The van der Waals surface area contributed by atoms with E-state index < -0.39 is 19.2 Å². The lowest BCUT2D eigenvalue weighted by Gasteiger charge is -2.10. The fourth-order valence-corrected chi connectivity index (χ4v) is 1.35. The Kier molecular flexibility index (Phi) is 4.29. The number of rotatable bonds is 4. The van der Waals surface area contributed by atoms with Crippen LogP contribution in [-0.4, -0.2) is 33.5 Å². The van der Waals surface area contributed by atoms with Crippen LogP contribution in [0.15, 0.2) is 36.7 Å². The Labute approximate surface area is 116 Å². The van der Waals surface area contributed by atoms with E-state index in [0.29, 0.717) is 0 Å². The molecule has 1 aromatic heterocycles. The first kappa shape index (κ1) is 15.1. The molecule has 0 bridgehead atoms. The van der Waals surface area contributed by atoms with E-state index in [1.54, 1.807) is 0 Å². The van der Waals surface area contributed by atoms with E-state index in [0.717, 1.165) is 24.5 Å². The van der Waals surface area contributed by atoms with Crippen molar-refractivity contribution in [3.05, 3.63) is 36.7 Å². The molecule has 0 aliphatic heterocycles. The Bertz CT molecular complexity index is 607. The average Bonchev–Trinajstić information content (AvgIpc) is 2.37. The minimum atomic E-state index is -4.80. The second kappa shape index (κ2) is 5.98. The van der Waals surface area contributed by atoms with Gasteiger partial charge in [-0.05, 0) is 12.1 Å². The number of benzene rings is 1. The molecule has 2 N–H and O–H groups in total. The van der Waals surface area contributed by atoms with Crippen molar-refractivity contribution in [3.63, 3.8) is 0 Å². The predicted octanol–water partition coefficient (Wildman–Crippen LogP) is 0.847. The summed E-state index contributed by atoms with van der Waals surface area (Å²) in [4.78, 5) is 7.37. The lowest BCUT2D eigenvalue weighted by molar-refractivity contribution is -0.274. The van der Waals surface area contributed by atoms with Gasteiger partial charge in [-0.3, -0.25) is 0 Å². The summed E-state index contributed by atoms with van der Waals surface area (Å²) in [7, 11) is -1.72. The Morgan fingerprint density at radius 2 is 1.67 bits per heavy atom. The predicted molar refractivity (Wildman–Crippen MR) is 65.1 cm³/mol. The van der Waals surface area contributed by atoms with Gasteiger partial charge in [-0.2, -0.15) is 0 Å². The zero-order chi connectivity index (χ0) is 15.5. The molecule has 0 fully saturated rings. The summed E-state index contributed by atoms with van der Waals surface area (Å²) in [5.74, 6) is -0.406. The molecule has 2 aromatic rings. The van der Waals surface area contributed by atoms with Gasteiger partial charge in [0.2, 0.25) is 0 Å². The molecule has 0 atom stereocenters. The topological polar surface area (TPSA) is 84.7 Å². The van der Waals surface area contributed by atoms with E-state index in [2.05, 4.69) is 14.7 Å². The number of hydrogen-bond donors (Lipinski definition) is 2. The third-order valence-electron chi connectivity index (χ3n) is 2.19. The second-order valence-corrected chi connectivity index (χ2v) is 3.80. The standard InChI is InChI=1S/C11H8BF3N2O4/c13-11(14,15)21-9-3-1-2-8(4-9)20-10-16-5-7(6-17-10)12(18)19/h1-6,18-19H. The molecule has 0 spiro atoms. The molecule has 1 aromatic carbocycles. The van der Waals surface area contributed by atoms with Crippen molar-refractivity contribution in [2.24, 2.45) is 0 Å². The second-order valence-electron chi connectivity index (χ2n) is 3.80. The van der Waals surface area contributed by atoms with Gasteiger partial charge in [0.05, 0.1) is 0 Å². The fraction of sp³-hybridized carbons (Fsp3) is 0.0909. The molecule has 1 heterocycles. The minimum Gasteiger partial charge on any atom is -0.424 e. The van der Waals surface area contributed by atoms with Crippen molar-refractivity contribution < 1.29 is 32.7 Å².